The minimum Gasteiger partial charge on any atom is -0.303 e. The number of carbonyl (C=O) groups excluding carboxylic acids is 1. The van der Waals surface area contributed by atoms with Crippen LogP contribution in [-0.2, 0) is 4.79 Å². The molecule has 0 heterocycles. The summed E-state index contributed by atoms with van der Waals surface area (Å²) in [5.41, 5.74) is 0.464. The van der Waals surface area contributed by atoms with Crippen LogP contribution in [0.1, 0.15) is 33.1 Å². The van der Waals surface area contributed by atoms with E-state index >= 15 is 0 Å². The van der Waals surface area contributed by atoms with Crippen LogP contribution in [0.5, 0.6) is 0 Å². The van der Waals surface area contributed by atoms with Crippen molar-refractivity contribution in [3.63, 3.8) is 0 Å². The molecule has 11 heavy (non-hydrogen) atoms. The molecular weight excluding hydrogens is 136 g/mol. The Morgan fingerprint density at radius 2 is 2.09 bits per heavy atom. The Labute approximate surface area is 68.2 Å². The quantitative estimate of drug-likeness (QED) is 0.527. The molecule has 0 aromatic rings. The Morgan fingerprint density at radius 3 is 2.36 bits per heavy atom. The Bertz CT molecular complexity index is 183. The second kappa shape index (κ2) is 2.09. The van der Waals surface area contributed by atoms with Crippen LogP contribution in [0.15, 0.2) is 0 Å². The van der Waals surface area contributed by atoms with Gasteiger partial charge < -0.3 is 4.79 Å². The minimum absolute atomic E-state index is 0.392. The number of carbonyl (C=O) groups is 1. The van der Waals surface area contributed by atoms with Crippen molar-refractivity contribution in [3.8, 4) is 0 Å². The smallest absolute Gasteiger partial charge is 0.123 e. The summed E-state index contributed by atoms with van der Waals surface area (Å²) in [7, 11) is 0. The Balaban J connectivity index is 2.25. The van der Waals surface area contributed by atoms with Gasteiger partial charge in [-0.2, -0.15) is 0 Å². The van der Waals surface area contributed by atoms with Gasteiger partial charge in [0.15, 0.2) is 0 Å². The van der Waals surface area contributed by atoms with E-state index in [0.29, 0.717) is 17.3 Å². The lowest BCUT2D eigenvalue weighted by Crippen LogP contribution is -2.19. The molecule has 0 aromatic carbocycles. The van der Waals surface area contributed by atoms with Crippen molar-refractivity contribution in [2.45, 2.75) is 33.1 Å². The number of hydrogen-bond acceptors (Lipinski definition) is 1. The third kappa shape index (κ3) is 0.800. The van der Waals surface area contributed by atoms with E-state index in [0.717, 1.165) is 5.92 Å². The van der Waals surface area contributed by atoms with Gasteiger partial charge in [0.25, 0.3) is 0 Å². The predicted octanol–water partition coefficient (Wildman–Crippen LogP) is 2.26. The summed E-state index contributed by atoms with van der Waals surface area (Å²) >= 11 is 0. The van der Waals surface area contributed by atoms with Crippen molar-refractivity contribution in [2.24, 2.45) is 23.2 Å². The largest absolute Gasteiger partial charge is 0.303 e. The van der Waals surface area contributed by atoms with E-state index in [1.807, 2.05) is 0 Å². The Morgan fingerprint density at radius 1 is 1.36 bits per heavy atom. The SMILES string of the molecule is CC1(C)[C@@H]2CC[C@H]1[C@H](C=O)C2. The van der Waals surface area contributed by atoms with E-state index in [2.05, 4.69) is 13.8 Å². The molecule has 0 unspecified atom stereocenters. The van der Waals surface area contributed by atoms with E-state index in [4.69, 9.17) is 0 Å². The molecule has 1 heteroatoms. The molecule has 0 spiro atoms. The van der Waals surface area contributed by atoms with Crippen LogP contribution in [0.4, 0.5) is 0 Å². The molecule has 0 aliphatic heterocycles. The Hall–Kier alpha value is -0.330. The van der Waals surface area contributed by atoms with Crippen molar-refractivity contribution in [1.29, 1.82) is 0 Å². The average molecular weight is 152 g/mol. The van der Waals surface area contributed by atoms with Gasteiger partial charge in [-0.1, -0.05) is 13.8 Å². The van der Waals surface area contributed by atoms with Crippen LogP contribution in [-0.4, -0.2) is 6.29 Å². The lowest BCUT2D eigenvalue weighted by molar-refractivity contribution is -0.112. The summed E-state index contributed by atoms with van der Waals surface area (Å²) in [5.74, 6) is 1.93. The first kappa shape index (κ1) is 7.33. The number of hydrogen-bond donors (Lipinski definition) is 0. The molecule has 0 saturated heterocycles. The van der Waals surface area contributed by atoms with E-state index in [1.165, 1.54) is 25.5 Å². The fourth-order valence-electron chi connectivity index (χ4n) is 3.26. The van der Waals surface area contributed by atoms with Crippen LogP contribution in [0.3, 0.4) is 0 Å². The third-order valence-electron chi connectivity index (χ3n) is 4.08. The van der Waals surface area contributed by atoms with E-state index in [-0.39, 0.29) is 0 Å². The summed E-state index contributed by atoms with van der Waals surface area (Å²) in [4.78, 5) is 10.7. The molecule has 0 radical (unpaired) electrons. The van der Waals surface area contributed by atoms with Gasteiger partial charge in [-0.15, -0.1) is 0 Å². The van der Waals surface area contributed by atoms with Crippen molar-refractivity contribution >= 4 is 6.29 Å². The summed E-state index contributed by atoms with van der Waals surface area (Å²) in [6.07, 6.45) is 5.01. The van der Waals surface area contributed by atoms with E-state index in [1.54, 1.807) is 0 Å². The summed E-state index contributed by atoms with van der Waals surface area (Å²) < 4.78 is 0. The van der Waals surface area contributed by atoms with Crippen molar-refractivity contribution in [2.75, 3.05) is 0 Å². The molecule has 0 aromatic heterocycles. The summed E-state index contributed by atoms with van der Waals surface area (Å²) in [5, 5.41) is 0. The van der Waals surface area contributed by atoms with Gasteiger partial charge in [0.2, 0.25) is 0 Å². The third-order valence-corrected chi connectivity index (χ3v) is 4.08. The van der Waals surface area contributed by atoms with Gasteiger partial charge in [0.05, 0.1) is 0 Å². The molecule has 3 atom stereocenters. The highest BCUT2D eigenvalue weighted by molar-refractivity contribution is 5.55. The van der Waals surface area contributed by atoms with Crippen molar-refractivity contribution < 1.29 is 4.79 Å². The zero-order chi connectivity index (χ0) is 8.06. The molecule has 2 bridgehead atoms. The molecule has 0 N–H and O–H groups in total. The van der Waals surface area contributed by atoms with Crippen LogP contribution < -0.4 is 0 Å². The van der Waals surface area contributed by atoms with Crippen LogP contribution >= 0.6 is 0 Å². The standard InChI is InChI=1S/C10H16O/c1-10(2)8-3-4-9(10)7(5-8)6-11/h6-9H,3-5H2,1-2H3/t7-,8+,9-/m0/s1. The van der Waals surface area contributed by atoms with Gasteiger partial charge in [-0.25, -0.2) is 0 Å². The summed E-state index contributed by atoms with van der Waals surface area (Å²) in [6, 6.07) is 0. The van der Waals surface area contributed by atoms with Crippen LogP contribution in [0.2, 0.25) is 0 Å². The van der Waals surface area contributed by atoms with Gasteiger partial charge in [0, 0.05) is 5.92 Å². The molecule has 2 rings (SSSR count). The van der Waals surface area contributed by atoms with E-state index in [9.17, 15) is 4.79 Å². The second-order valence-electron chi connectivity index (χ2n) is 4.74. The van der Waals surface area contributed by atoms with Gasteiger partial charge in [-0.3, -0.25) is 0 Å². The topological polar surface area (TPSA) is 17.1 Å². The fraction of sp³-hybridized carbons (Fsp3) is 0.900. The Kier molecular flexibility index (Phi) is 1.39. The molecule has 2 fully saturated rings. The fourth-order valence-corrected chi connectivity index (χ4v) is 3.26. The normalized spacial score (nSPS) is 46.2. The first-order valence-corrected chi connectivity index (χ1v) is 4.61. The maximum Gasteiger partial charge on any atom is 0.123 e. The highest BCUT2D eigenvalue weighted by Gasteiger charge is 2.52. The zero-order valence-electron chi connectivity index (χ0n) is 7.34. The average Bonchev–Trinajstić information content (AvgIpc) is 2.40. The molecule has 62 valence electrons. The maximum absolute atomic E-state index is 10.7. The highest BCUT2D eigenvalue weighted by atomic mass is 16.1. The predicted molar refractivity (Wildman–Crippen MR) is 44.2 cm³/mol. The molecule has 1 nitrogen and oxygen atoms in total. The zero-order valence-corrected chi connectivity index (χ0v) is 7.34. The monoisotopic (exact) mass is 152 g/mol. The van der Waals surface area contributed by atoms with E-state index < -0.39 is 0 Å². The molecule has 2 aliphatic rings. The highest BCUT2D eigenvalue weighted by Crippen LogP contribution is 2.59. The van der Waals surface area contributed by atoms with Gasteiger partial charge in [0.1, 0.15) is 6.29 Å². The molecular formula is C10H16O. The maximum atomic E-state index is 10.7. The molecule has 2 saturated carbocycles. The lowest BCUT2D eigenvalue weighted by Gasteiger charge is -2.24. The minimum atomic E-state index is 0.392. The van der Waals surface area contributed by atoms with Gasteiger partial charge in [-0.05, 0) is 36.5 Å². The van der Waals surface area contributed by atoms with Crippen molar-refractivity contribution in [1.82, 2.24) is 0 Å². The van der Waals surface area contributed by atoms with Gasteiger partial charge >= 0.3 is 0 Å². The number of fused-ring (bicyclic) bond motifs is 2. The number of rotatable bonds is 1. The summed E-state index contributed by atoms with van der Waals surface area (Å²) in [6.45, 7) is 4.66. The first-order valence-electron chi connectivity index (χ1n) is 4.61. The first-order chi connectivity index (χ1) is 5.16. The lowest BCUT2D eigenvalue weighted by atomic mass is 9.80. The molecule has 0 amide bonds. The van der Waals surface area contributed by atoms with Crippen molar-refractivity contribution in [3.05, 3.63) is 0 Å². The van der Waals surface area contributed by atoms with Crippen LogP contribution in [0, 0.1) is 23.2 Å². The second-order valence-corrected chi connectivity index (χ2v) is 4.74. The number of aldehydes is 1. The van der Waals surface area contributed by atoms with Crippen LogP contribution in [0.25, 0.3) is 0 Å². The molecule has 2 aliphatic carbocycles.